The van der Waals surface area contributed by atoms with Crippen LogP contribution in [0.5, 0.6) is 0 Å². The third-order valence-electron chi connectivity index (χ3n) is 8.76. The van der Waals surface area contributed by atoms with Crippen LogP contribution in [0.1, 0.15) is 42.2 Å². The maximum Gasteiger partial charge on any atom is 0.344 e. The summed E-state index contributed by atoms with van der Waals surface area (Å²) in [7, 11) is 0. The molecule has 8 nitrogen and oxygen atoms in total. The highest BCUT2D eigenvalue weighted by Gasteiger charge is 2.42. The monoisotopic (exact) mass is 511 g/mol. The Bertz CT molecular complexity index is 1150. The molecule has 0 aliphatic carbocycles. The lowest BCUT2D eigenvalue weighted by Gasteiger charge is -2.39. The molecule has 192 valence electrons. The van der Waals surface area contributed by atoms with Gasteiger partial charge < -0.3 is 14.5 Å². The summed E-state index contributed by atoms with van der Waals surface area (Å²) in [5.41, 5.74) is 3.08. The van der Waals surface area contributed by atoms with Crippen molar-refractivity contribution in [1.82, 2.24) is 19.6 Å². The van der Waals surface area contributed by atoms with E-state index in [0.29, 0.717) is 17.5 Å². The van der Waals surface area contributed by atoms with Gasteiger partial charge in [-0.05, 0) is 55.0 Å². The van der Waals surface area contributed by atoms with Crippen LogP contribution in [0.15, 0.2) is 30.5 Å². The summed E-state index contributed by atoms with van der Waals surface area (Å²) in [6, 6.07) is 7.97. The second-order valence-electron chi connectivity index (χ2n) is 11.2. The van der Waals surface area contributed by atoms with Gasteiger partial charge in [-0.2, -0.15) is 9.78 Å². The zero-order valence-corrected chi connectivity index (χ0v) is 21.6. The lowest BCUT2D eigenvalue weighted by Crippen LogP contribution is -2.45. The second-order valence-corrected chi connectivity index (χ2v) is 11.6. The summed E-state index contributed by atoms with van der Waals surface area (Å²) in [4.78, 5) is 31.2. The van der Waals surface area contributed by atoms with Crippen LogP contribution >= 0.6 is 11.6 Å². The number of halogens is 1. The molecule has 0 bridgehead atoms. The van der Waals surface area contributed by atoms with Crippen LogP contribution in [0, 0.1) is 17.3 Å². The first-order valence-electron chi connectivity index (χ1n) is 13.1. The van der Waals surface area contributed by atoms with E-state index in [9.17, 15) is 9.59 Å². The van der Waals surface area contributed by atoms with Gasteiger partial charge in [0.1, 0.15) is 5.69 Å². The highest BCUT2D eigenvalue weighted by atomic mass is 35.5. The van der Waals surface area contributed by atoms with Crippen molar-refractivity contribution < 1.29 is 14.3 Å². The maximum absolute atomic E-state index is 12.9. The number of piperidine rings is 1. The normalized spacial score (nSPS) is 25.6. The number of rotatable bonds is 4. The van der Waals surface area contributed by atoms with Gasteiger partial charge >= 0.3 is 6.03 Å². The van der Waals surface area contributed by atoms with Gasteiger partial charge in [0, 0.05) is 64.2 Å². The summed E-state index contributed by atoms with van der Waals surface area (Å²) >= 11 is 6.62. The van der Waals surface area contributed by atoms with E-state index >= 15 is 0 Å². The van der Waals surface area contributed by atoms with Gasteiger partial charge in [-0.3, -0.25) is 9.69 Å². The lowest BCUT2D eigenvalue weighted by atomic mass is 9.78. The summed E-state index contributed by atoms with van der Waals surface area (Å²) in [6.07, 6.45) is 4.76. The van der Waals surface area contributed by atoms with Crippen molar-refractivity contribution in [3.05, 3.63) is 46.7 Å². The van der Waals surface area contributed by atoms with Crippen molar-refractivity contribution in [1.29, 1.82) is 0 Å². The zero-order valence-electron chi connectivity index (χ0n) is 20.9. The molecule has 36 heavy (non-hydrogen) atoms. The number of ketones is 1. The summed E-state index contributed by atoms with van der Waals surface area (Å²) in [5, 5.41) is 4.97. The van der Waals surface area contributed by atoms with Gasteiger partial charge in [0.25, 0.3) is 0 Å². The Morgan fingerprint density at radius 1 is 1.08 bits per heavy atom. The lowest BCUT2D eigenvalue weighted by molar-refractivity contribution is 0.101. The minimum absolute atomic E-state index is 0.129. The number of carbonyl (C=O) groups is 2. The van der Waals surface area contributed by atoms with Crippen molar-refractivity contribution in [2.45, 2.75) is 32.7 Å². The number of benzene rings is 1. The van der Waals surface area contributed by atoms with E-state index in [4.69, 9.17) is 16.3 Å². The molecule has 1 spiro atoms. The molecular formula is C27H34ClN5O3. The van der Waals surface area contributed by atoms with Crippen LogP contribution in [-0.2, 0) is 11.3 Å². The summed E-state index contributed by atoms with van der Waals surface area (Å²) in [6.45, 7) is 9.81. The molecule has 0 radical (unpaired) electrons. The van der Waals surface area contributed by atoms with Crippen molar-refractivity contribution >= 4 is 29.1 Å². The summed E-state index contributed by atoms with van der Waals surface area (Å²) < 4.78 is 6.94. The van der Waals surface area contributed by atoms with Gasteiger partial charge in [-0.25, -0.2) is 4.79 Å². The van der Waals surface area contributed by atoms with E-state index in [2.05, 4.69) is 33.1 Å². The number of ether oxygens (including phenoxy) is 1. The van der Waals surface area contributed by atoms with Crippen LogP contribution in [0.4, 0.5) is 10.5 Å². The quantitative estimate of drug-likeness (QED) is 0.582. The number of aromatic nitrogens is 2. The Morgan fingerprint density at radius 2 is 1.81 bits per heavy atom. The standard InChI is InChI=1S/C27H34ClN5O3/c1-19(34)24-4-8-33(29-24)26(35)31-10-6-27(7-11-31)5-9-30(18-27)13-20-2-3-23(28)25(12-20)32-14-21-16-36-17-22(21)15-32/h2-4,8,12,21-22H,5-7,9-11,13-18H2,1H3. The van der Waals surface area contributed by atoms with Crippen LogP contribution in [0.25, 0.3) is 0 Å². The third-order valence-corrected chi connectivity index (χ3v) is 9.08. The molecule has 4 aliphatic heterocycles. The Labute approximate surface area is 217 Å². The van der Waals surface area contributed by atoms with Crippen LogP contribution < -0.4 is 4.90 Å². The van der Waals surface area contributed by atoms with Crippen molar-refractivity contribution in [2.75, 3.05) is 57.4 Å². The average Bonchev–Trinajstić information content (AvgIpc) is 3.65. The number of nitrogens with zero attached hydrogens (tertiary/aromatic N) is 5. The van der Waals surface area contributed by atoms with Gasteiger partial charge in [0.15, 0.2) is 5.78 Å². The number of amides is 1. The fourth-order valence-corrected chi connectivity index (χ4v) is 6.78. The molecule has 6 rings (SSSR count). The number of likely N-dealkylation sites (tertiary alicyclic amines) is 2. The number of anilines is 1. The number of carbonyl (C=O) groups excluding carboxylic acids is 2. The van der Waals surface area contributed by atoms with E-state index in [1.54, 1.807) is 12.3 Å². The fraction of sp³-hybridized carbons (Fsp3) is 0.593. The largest absolute Gasteiger partial charge is 0.381 e. The van der Waals surface area contributed by atoms with Crippen LogP contribution in [-0.4, -0.2) is 83.9 Å². The van der Waals surface area contributed by atoms with Gasteiger partial charge in [0.05, 0.1) is 23.9 Å². The molecule has 5 heterocycles. The molecule has 0 saturated carbocycles. The molecule has 1 aromatic heterocycles. The molecule has 2 unspecified atom stereocenters. The topological polar surface area (TPSA) is 70.9 Å². The predicted molar refractivity (Wildman–Crippen MR) is 138 cm³/mol. The molecule has 4 fully saturated rings. The third kappa shape index (κ3) is 4.55. The molecule has 9 heteroatoms. The first-order valence-corrected chi connectivity index (χ1v) is 13.5. The van der Waals surface area contributed by atoms with Crippen molar-refractivity contribution in [2.24, 2.45) is 17.3 Å². The first-order chi connectivity index (χ1) is 17.4. The van der Waals surface area contributed by atoms with Crippen LogP contribution in [0.3, 0.4) is 0 Å². The molecule has 4 aliphatic rings. The number of Topliss-reactive ketones (excluding diaryl/α,β-unsaturated/α-hetero) is 1. The van der Waals surface area contributed by atoms with Gasteiger partial charge in [-0.1, -0.05) is 17.7 Å². The number of hydrogen-bond acceptors (Lipinski definition) is 6. The Morgan fingerprint density at radius 3 is 2.50 bits per heavy atom. The Hall–Kier alpha value is -2.42. The minimum Gasteiger partial charge on any atom is -0.381 e. The molecule has 4 saturated heterocycles. The SMILES string of the molecule is CC(=O)c1ccn(C(=O)N2CCC3(CCN(Cc4ccc(Cl)c(N5CC6COCC6C5)c4)C3)CC2)n1. The fourth-order valence-electron chi connectivity index (χ4n) is 6.55. The first kappa shape index (κ1) is 23.9. The van der Waals surface area contributed by atoms with E-state index < -0.39 is 0 Å². The second kappa shape index (κ2) is 9.47. The highest BCUT2D eigenvalue weighted by molar-refractivity contribution is 6.33. The van der Waals surface area contributed by atoms with E-state index in [-0.39, 0.29) is 17.2 Å². The molecule has 2 atom stereocenters. The molecule has 2 aromatic rings. The number of fused-ring (bicyclic) bond motifs is 1. The minimum atomic E-state index is -0.140. The Balaban J connectivity index is 1.05. The van der Waals surface area contributed by atoms with Gasteiger partial charge in [0.2, 0.25) is 0 Å². The highest BCUT2D eigenvalue weighted by Crippen LogP contribution is 2.41. The zero-order chi connectivity index (χ0) is 24.9. The summed E-state index contributed by atoms with van der Waals surface area (Å²) in [5.74, 6) is 1.13. The maximum atomic E-state index is 12.9. The molecule has 1 amide bonds. The predicted octanol–water partition coefficient (Wildman–Crippen LogP) is 3.78. The van der Waals surface area contributed by atoms with E-state index in [1.807, 2.05) is 4.90 Å². The van der Waals surface area contributed by atoms with Gasteiger partial charge in [-0.15, -0.1) is 0 Å². The number of hydrogen-bond donors (Lipinski definition) is 0. The smallest absolute Gasteiger partial charge is 0.344 e. The van der Waals surface area contributed by atoms with E-state index in [1.165, 1.54) is 23.6 Å². The van der Waals surface area contributed by atoms with Crippen molar-refractivity contribution in [3.63, 3.8) is 0 Å². The molecule has 0 N–H and O–H groups in total. The van der Waals surface area contributed by atoms with Crippen LogP contribution in [0.2, 0.25) is 5.02 Å². The van der Waals surface area contributed by atoms with Crippen molar-refractivity contribution in [3.8, 4) is 0 Å². The molecule has 1 aromatic carbocycles. The van der Waals surface area contributed by atoms with E-state index in [0.717, 1.165) is 82.6 Å². The molecular weight excluding hydrogens is 478 g/mol. The Kier molecular flexibility index (Phi) is 6.30. The average molecular weight is 512 g/mol.